The number of urea groups is 1. The molecule has 4 aromatic rings. The van der Waals surface area contributed by atoms with Crippen LogP contribution in [0.4, 0.5) is 43.9 Å². The van der Waals surface area contributed by atoms with E-state index >= 15 is 0 Å². The number of nitrogens with one attached hydrogen (secondary N) is 3. The van der Waals surface area contributed by atoms with Crippen molar-refractivity contribution in [2.45, 2.75) is 6.18 Å². The maximum Gasteiger partial charge on any atom is 0.419 e. The number of aliphatic hydroxyl groups is 1. The van der Waals surface area contributed by atoms with Gasteiger partial charge in [-0.3, -0.25) is 4.98 Å². The van der Waals surface area contributed by atoms with Gasteiger partial charge in [-0.15, -0.1) is 0 Å². The Kier molecular flexibility index (Phi) is 7.34. The molecule has 0 aliphatic heterocycles. The molecular weight excluding hydrogens is 501 g/mol. The number of hydrogen-bond acceptors (Lipinski definition) is 6. The molecule has 13 heteroatoms. The first-order valence-corrected chi connectivity index (χ1v) is 10.7. The number of nitrogens with zero attached hydrogens (tertiary/aromatic N) is 2. The summed E-state index contributed by atoms with van der Waals surface area (Å²) in [5.41, 5.74) is -0.817. The standard InChI is InChI=1S/C24H18F5N5O3/c25-17-4-1-13(9-16(17)24(27,28)29)32-23(36)33-14-2-6-21(18(26)10-14)37-15-3-5-19-20(11-15)34-22(12-31-19)30-7-8-35/h1-6,9-12,35H,7-8H2,(H,30,34)(H2,32,33,36). The zero-order chi connectivity index (χ0) is 26.6. The highest BCUT2D eigenvalue weighted by atomic mass is 19.4. The van der Waals surface area contributed by atoms with Crippen LogP contribution in [0.1, 0.15) is 5.56 Å². The molecule has 0 aliphatic carbocycles. The number of carbonyl (C=O) groups is 1. The van der Waals surface area contributed by atoms with Crippen molar-refractivity contribution in [3.05, 3.63) is 78.0 Å². The monoisotopic (exact) mass is 519 g/mol. The normalized spacial score (nSPS) is 11.3. The Labute approximate surface area is 206 Å². The number of carbonyl (C=O) groups excluding carboxylic acids is 1. The molecule has 0 unspecified atom stereocenters. The molecule has 1 aromatic heterocycles. The van der Waals surface area contributed by atoms with Gasteiger partial charge in [0.25, 0.3) is 0 Å². The third-order valence-corrected chi connectivity index (χ3v) is 4.88. The van der Waals surface area contributed by atoms with Gasteiger partial charge in [-0.05, 0) is 42.5 Å². The number of benzene rings is 3. The quantitative estimate of drug-likeness (QED) is 0.231. The molecule has 1 heterocycles. The van der Waals surface area contributed by atoms with Crippen molar-refractivity contribution in [1.82, 2.24) is 9.97 Å². The molecule has 0 bridgehead atoms. The average molecular weight is 519 g/mol. The number of rotatable bonds is 7. The summed E-state index contributed by atoms with van der Waals surface area (Å²) in [6, 6.07) is 9.29. The first kappa shape index (κ1) is 25.6. The Morgan fingerprint density at radius 3 is 2.35 bits per heavy atom. The number of aliphatic hydroxyl groups excluding tert-OH is 1. The maximum absolute atomic E-state index is 14.6. The molecule has 4 N–H and O–H groups in total. The van der Waals surface area contributed by atoms with Crippen LogP contribution in [-0.4, -0.2) is 34.3 Å². The van der Waals surface area contributed by atoms with Crippen LogP contribution in [0.3, 0.4) is 0 Å². The van der Waals surface area contributed by atoms with E-state index in [2.05, 4.69) is 25.9 Å². The lowest BCUT2D eigenvalue weighted by molar-refractivity contribution is -0.139. The first-order chi connectivity index (χ1) is 17.6. The average Bonchev–Trinajstić information content (AvgIpc) is 2.84. The van der Waals surface area contributed by atoms with Gasteiger partial charge in [0.05, 0.1) is 29.4 Å². The van der Waals surface area contributed by atoms with Crippen LogP contribution in [0.25, 0.3) is 11.0 Å². The Morgan fingerprint density at radius 2 is 1.65 bits per heavy atom. The SMILES string of the molecule is O=C(Nc1ccc(Oc2ccc3ncc(NCCO)nc3c2)c(F)c1)Nc1ccc(F)c(C(F)(F)F)c1. The minimum atomic E-state index is -4.94. The number of anilines is 3. The lowest BCUT2D eigenvalue weighted by Gasteiger charge is -2.12. The van der Waals surface area contributed by atoms with Gasteiger partial charge >= 0.3 is 12.2 Å². The molecule has 3 aromatic carbocycles. The lowest BCUT2D eigenvalue weighted by atomic mass is 10.2. The van der Waals surface area contributed by atoms with Gasteiger partial charge in [0.1, 0.15) is 17.4 Å². The van der Waals surface area contributed by atoms with E-state index in [1.54, 1.807) is 18.2 Å². The predicted octanol–water partition coefficient (Wildman–Crippen LogP) is 5.77. The number of alkyl halides is 3. The minimum absolute atomic E-state index is 0.00974. The summed E-state index contributed by atoms with van der Waals surface area (Å²) in [5, 5.41) is 16.2. The number of fused-ring (bicyclic) bond motifs is 1. The van der Waals surface area contributed by atoms with E-state index in [0.29, 0.717) is 35.5 Å². The van der Waals surface area contributed by atoms with E-state index in [0.717, 1.165) is 12.1 Å². The highest BCUT2D eigenvalue weighted by Gasteiger charge is 2.34. The molecule has 0 saturated carbocycles. The number of ether oxygens (including phenoxy) is 1. The minimum Gasteiger partial charge on any atom is -0.454 e. The molecule has 4 rings (SSSR count). The molecule has 0 atom stereocenters. The fourth-order valence-corrected chi connectivity index (χ4v) is 3.23. The van der Waals surface area contributed by atoms with Crippen molar-refractivity contribution in [2.75, 3.05) is 29.1 Å². The summed E-state index contributed by atoms with van der Waals surface area (Å²) in [6.07, 6.45) is -3.43. The van der Waals surface area contributed by atoms with Gasteiger partial charge in [0.2, 0.25) is 0 Å². The Balaban J connectivity index is 1.43. The zero-order valence-electron chi connectivity index (χ0n) is 18.7. The second-order valence-corrected chi connectivity index (χ2v) is 7.57. The predicted molar refractivity (Wildman–Crippen MR) is 126 cm³/mol. The molecule has 37 heavy (non-hydrogen) atoms. The largest absolute Gasteiger partial charge is 0.454 e. The van der Waals surface area contributed by atoms with Gasteiger partial charge < -0.3 is 25.8 Å². The zero-order valence-corrected chi connectivity index (χ0v) is 18.7. The summed E-state index contributed by atoms with van der Waals surface area (Å²) in [6.45, 7) is 0.207. The molecule has 2 amide bonds. The number of hydrogen-bond donors (Lipinski definition) is 4. The fourth-order valence-electron chi connectivity index (χ4n) is 3.23. The third-order valence-electron chi connectivity index (χ3n) is 4.88. The van der Waals surface area contributed by atoms with Crippen molar-refractivity contribution in [3.8, 4) is 11.5 Å². The Hall–Kier alpha value is -4.52. The van der Waals surface area contributed by atoms with Gasteiger partial charge in [-0.2, -0.15) is 13.2 Å². The van der Waals surface area contributed by atoms with Gasteiger partial charge in [-0.1, -0.05) is 0 Å². The first-order valence-electron chi connectivity index (χ1n) is 10.7. The number of halogens is 5. The van der Waals surface area contributed by atoms with Gasteiger partial charge in [-0.25, -0.2) is 18.6 Å². The van der Waals surface area contributed by atoms with Gasteiger partial charge in [0.15, 0.2) is 11.6 Å². The molecule has 0 fully saturated rings. The molecule has 0 radical (unpaired) electrons. The number of amides is 2. The van der Waals surface area contributed by atoms with E-state index in [1.165, 1.54) is 18.3 Å². The summed E-state index contributed by atoms with van der Waals surface area (Å²) in [7, 11) is 0. The van der Waals surface area contributed by atoms with Crippen molar-refractivity contribution < 1.29 is 36.6 Å². The van der Waals surface area contributed by atoms with Crippen LogP contribution < -0.4 is 20.7 Å². The van der Waals surface area contributed by atoms with Crippen molar-refractivity contribution in [1.29, 1.82) is 0 Å². The Bertz CT molecular complexity index is 1450. The lowest BCUT2D eigenvalue weighted by Crippen LogP contribution is -2.20. The summed E-state index contributed by atoms with van der Waals surface area (Å²) >= 11 is 0. The molecule has 192 valence electrons. The van der Waals surface area contributed by atoms with Crippen LogP contribution in [-0.2, 0) is 6.18 Å². The molecule has 8 nitrogen and oxygen atoms in total. The molecule has 0 spiro atoms. The summed E-state index contributed by atoms with van der Waals surface area (Å²) in [5.74, 6) is -1.78. The Morgan fingerprint density at radius 1 is 0.919 bits per heavy atom. The van der Waals surface area contributed by atoms with E-state index in [4.69, 9.17) is 9.84 Å². The van der Waals surface area contributed by atoms with Gasteiger partial charge in [0, 0.05) is 30.1 Å². The van der Waals surface area contributed by atoms with E-state index < -0.39 is 29.4 Å². The topological polar surface area (TPSA) is 108 Å². The fraction of sp³-hybridized carbons (Fsp3) is 0.125. The van der Waals surface area contributed by atoms with Crippen LogP contribution in [0.15, 0.2) is 60.8 Å². The maximum atomic E-state index is 14.6. The van der Waals surface area contributed by atoms with Crippen LogP contribution in [0.5, 0.6) is 11.5 Å². The van der Waals surface area contributed by atoms with Crippen molar-refractivity contribution in [2.24, 2.45) is 0 Å². The van der Waals surface area contributed by atoms with Crippen molar-refractivity contribution >= 4 is 34.3 Å². The third kappa shape index (κ3) is 6.38. The molecule has 0 aliphatic rings. The van der Waals surface area contributed by atoms with Crippen LogP contribution in [0.2, 0.25) is 0 Å². The highest BCUT2D eigenvalue weighted by Crippen LogP contribution is 2.33. The number of aromatic nitrogens is 2. The smallest absolute Gasteiger partial charge is 0.419 e. The summed E-state index contributed by atoms with van der Waals surface area (Å²) in [4.78, 5) is 20.7. The molecule has 0 saturated heterocycles. The van der Waals surface area contributed by atoms with E-state index in [1.807, 2.05) is 0 Å². The second-order valence-electron chi connectivity index (χ2n) is 7.57. The van der Waals surface area contributed by atoms with E-state index in [-0.39, 0.29) is 29.5 Å². The summed E-state index contributed by atoms with van der Waals surface area (Å²) < 4.78 is 72.2. The van der Waals surface area contributed by atoms with Crippen molar-refractivity contribution in [3.63, 3.8) is 0 Å². The van der Waals surface area contributed by atoms with Crippen LogP contribution >= 0.6 is 0 Å². The highest BCUT2D eigenvalue weighted by molar-refractivity contribution is 5.99. The van der Waals surface area contributed by atoms with Crippen LogP contribution in [0, 0.1) is 11.6 Å². The second kappa shape index (κ2) is 10.6. The molecular formula is C24H18F5N5O3. The van der Waals surface area contributed by atoms with E-state index in [9.17, 15) is 26.7 Å².